The van der Waals surface area contributed by atoms with Gasteiger partial charge in [0.25, 0.3) is 5.91 Å². The van der Waals surface area contributed by atoms with Gasteiger partial charge in [0.1, 0.15) is 0 Å². The zero-order valence-electron chi connectivity index (χ0n) is 18.4. The summed E-state index contributed by atoms with van der Waals surface area (Å²) in [6, 6.07) is 22.5. The summed E-state index contributed by atoms with van der Waals surface area (Å²) in [5.74, 6) is 0.832. The second kappa shape index (κ2) is 9.78. The van der Waals surface area contributed by atoms with Gasteiger partial charge in [-0.05, 0) is 43.2 Å². The van der Waals surface area contributed by atoms with Gasteiger partial charge in [-0.15, -0.1) is 10.2 Å². The number of nitrogens with zero attached hydrogens (tertiary/aromatic N) is 4. The van der Waals surface area contributed by atoms with Crippen LogP contribution in [-0.4, -0.2) is 32.1 Å². The van der Waals surface area contributed by atoms with Crippen molar-refractivity contribution >= 4 is 34.2 Å². The molecule has 1 N–H and O–H groups in total. The lowest BCUT2D eigenvalue weighted by atomic mass is 10.0. The van der Waals surface area contributed by atoms with Gasteiger partial charge in [0, 0.05) is 12.1 Å². The number of carbonyl (C=O) groups is 1. The van der Waals surface area contributed by atoms with Crippen LogP contribution in [0.15, 0.2) is 77.0 Å². The fraction of sp³-hybridized carbons (Fsp3) is 0.200. The van der Waals surface area contributed by atoms with Gasteiger partial charge < -0.3 is 4.57 Å². The molecule has 32 heavy (non-hydrogen) atoms. The van der Waals surface area contributed by atoms with Crippen molar-refractivity contribution in [3.63, 3.8) is 0 Å². The molecule has 0 saturated heterocycles. The molecule has 0 radical (unpaired) electrons. The molecule has 4 rings (SSSR count). The lowest BCUT2D eigenvalue weighted by Crippen LogP contribution is -2.21. The van der Waals surface area contributed by atoms with Gasteiger partial charge in [-0.3, -0.25) is 4.79 Å². The summed E-state index contributed by atoms with van der Waals surface area (Å²) in [6.45, 7) is 6.71. The number of hydrogen-bond acceptors (Lipinski definition) is 5. The number of rotatable bonds is 7. The number of hydrazone groups is 1. The third-order valence-electron chi connectivity index (χ3n) is 5.19. The van der Waals surface area contributed by atoms with Gasteiger partial charge in [-0.2, -0.15) is 5.10 Å². The topological polar surface area (TPSA) is 72.2 Å². The van der Waals surface area contributed by atoms with E-state index >= 15 is 0 Å². The highest BCUT2D eigenvalue weighted by Gasteiger charge is 2.14. The van der Waals surface area contributed by atoms with Gasteiger partial charge in [-0.1, -0.05) is 78.0 Å². The number of fused-ring (bicyclic) bond motifs is 1. The highest BCUT2D eigenvalue weighted by molar-refractivity contribution is 7.99. The first-order chi connectivity index (χ1) is 15.5. The van der Waals surface area contributed by atoms with E-state index in [1.54, 1.807) is 0 Å². The molecule has 1 heterocycles. The largest absolute Gasteiger partial charge is 0.302 e. The summed E-state index contributed by atoms with van der Waals surface area (Å²) < 4.78 is 2.02. The van der Waals surface area contributed by atoms with Crippen LogP contribution < -0.4 is 5.43 Å². The number of amides is 1. The maximum atomic E-state index is 12.4. The van der Waals surface area contributed by atoms with Crippen molar-refractivity contribution < 1.29 is 4.79 Å². The molecule has 4 aromatic rings. The van der Waals surface area contributed by atoms with Crippen LogP contribution >= 0.6 is 11.8 Å². The van der Waals surface area contributed by atoms with Crippen LogP contribution in [0.3, 0.4) is 0 Å². The highest BCUT2D eigenvalue weighted by Crippen LogP contribution is 2.24. The van der Waals surface area contributed by atoms with E-state index in [4.69, 9.17) is 0 Å². The summed E-state index contributed by atoms with van der Waals surface area (Å²) in [5, 5.41) is 15.9. The molecule has 0 saturated carbocycles. The molecule has 0 fully saturated rings. The molecule has 3 aromatic carbocycles. The zero-order chi connectivity index (χ0) is 22.5. The first kappa shape index (κ1) is 21.8. The Morgan fingerprint density at radius 1 is 1.03 bits per heavy atom. The quantitative estimate of drug-likeness (QED) is 0.246. The predicted molar refractivity (Wildman–Crippen MR) is 131 cm³/mol. The number of nitrogens with one attached hydrogen (secondary N) is 1. The predicted octanol–water partition coefficient (Wildman–Crippen LogP) is 5.06. The lowest BCUT2D eigenvalue weighted by Gasteiger charge is -2.07. The summed E-state index contributed by atoms with van der Waals surface area (Å²) in [5.41, 5.74) is 6.59. The summed E-state index contributed by atoms with van der Waals surface area (Å²) >= 11 is 1.36. The number of carbonyl (C=O) groups excluding carboxylic acids is 1. The SMILES string of the molecule is CCn1c(SCC(=O)N/N=C(\C)c2ccc3ccccc3c2)nnc1-c1ccc(C)cc1. The second-order valence-electron chi connectivity index (χ2n) is 7.50. The lowest BCUT2D eigenvalue weighted by molar-refractivity contribution is -0.118. The van der Waals surface area contributed by atoms with Crippen molar-refractivity contribution in [2.24, 2.45) is 5.10 Å². The number of benzene rings is 3. The Bertz CT molecular complexity index is 1280. The van der Waals surface area contributed by atoms with Gasteiger partial charge in [0.15, 0.2) is 11.0 Å². The zero-order valence-corrected chi connectivity index (χ0v) is 19.2. The molecule has 1 amide bonds. The van der Waals surface area contributed by atoms with Gasteiger partial charge in [0.05, 0.1) is 11.5 Å². The summed E-state index contributed by atoms with van der Waals surface area (Å²) in [4.78, 5) is 12.4. The normalized spacial score (nSPS) is 11.7. The Hall–Kier alpha value is -3.45. The first-order valence-corrected chi connectivity index (χ1v) is 11.5. The van der Waals surface area contributed by atoms with Crippen molar-refractivity contribution in [3.05, 3.63) is 77.9 Å². The fourth-order valence-electron chi connectivity index (χ4n) is 3.38. The Morgan fingerprint density at radius 2 is 1.78 bits per heavy atom. The molecular weight excluding hydrogens is 418 g/mol. The van der Waals surface area contributed by atoms with Crippen molar-refractivity contribution in [2.45, 2.75) is 32.5 Å². The van der Waals surface area contributed by atoms with Crippen LogP contribution in [0.1, 0.15) is 25.0 Å². The summed E-state index contributed by atoms with van der Waals surface area (Å²) in [7, 11) is 0. The minimum Gasteiger partial charge on any atom is -0.302 e. The molecule has 0 aliphatic heterocycles. The molecule has 0 bridgehead atoms. The van der Waals surface area contributed by atoms with Crippen LogP contribution in [0.2, 0.25) is 0 Å². The van der Waals surface area contributed by atoms with E-state index in [1.165, 1.54) is 22.7 Å². The van der Waals surface area contributed by atoms with Gasteiger partial charge in [-0.25, -0.2) is 5.43 Å². The molecular formula is C25H25N5OS. The molecule has 0 unspecified atom stereocenters. The van der Waals surface area contributed by atoms with E-state index in [-0.39, 0.29) is 11.7 Å². The standard InChI is InChI=1S/C25H25N5OS/c1-4-30-24(20-11-9-17(2)10-12-20)28-29-25(30)32-16-23(31)27-26-18(3)21-14-13-19-7-5-6-8-22(19)15-21/h5-15H,4,16H2,1-3H3,(H,27,31)/b26-18+. The average Bonchev–Trinajstić information content (AvgIpc) is 3.24. The second-order valence-corrected chi connectivity index (χ2v) is 8.44. The first-order valence-electron chi connectivity index (χ1n) is 10.5. The van der Waals surface area contributed by atoms with Crippen LogP contribution in [0, 0.1) is 6.92 Å². The van der Waals surface area contributed by atoms with E-state index in [0.29, 0.717) is 5.16 Å². The number of aryl methyl sites for hydroxylation is 1. The van der Waals surface area contributed by atoms with Crippen molar-refractivity contribution in [1.29, 1.82) is 0 Å². The molecule has 0 spiro atoms. The minimum absolute atomic E-state index is 0.183. The molecule has 6 nitrogen and oxygen atoms in total. The Kier molecular flexibility index (Phi) is 6.66. The van der Waals surface area contributed by atoms with E-state index in [0.717, 1.165) is 34.6 Å². The van der Waals surface area contributed by atoms with E-state index < -0.39 is 0 Å². The van der Waals surface area contributed by atoms with Crippen LogP contribution in [0.5, 0.6) is 0 Å². The highest BCUT2D eigenvalue weighted by atomic mass is 32.2. The minimum atomic E-state index is -0.183. The van der Waals surface area contributed by atoms with Gasteiger partial charge in [0.2, 0.25) is 0 Å². The maximum Gasteiger partial charge on any atom is 0.250 e. The number of hydrogen-bond donors (Lipinski definition) is 1. The number of thioether (sulfide) groups is 1. The molecule has 0 aliphatic rings. The van der Waals surface area contributed by atoms with Crippen molar-refractivity contribution in [2.75, 3.05) is 5.75 Å². The molecule has 162 valence electrons. The third-order valence-corrected chi connectivity index (χ3v) is 6.16. The summed E-state index contributed by atoms with van der Waals surface area (Å²) in [6.07, 6.45) is 0. The maximum absolute atomic E-state index is 12.4. The third kappa shape index (κ3) is 4.89. The molecule has 0 aliphatic carbocycles. The fourth-order valence-corrected chi connectivity index (χ4v) is 4.18. The van der Waals surface area contributed by atoms with E-state index in [1.807, 2.05) is 48.7 Å². The van der Waals surface area contributed by atoms with Crippen LogP contribution in [-0.2, 0) is 11.3 Å². The Morgan fingerprint density at radius 3 is 2.53 bits per heavy atom. The van der Waals surface area contributed by atoms with Gasteiger partial charge >= 0.3 is 0 Å². The monoisotopic (exact) mass is 443 g/mol. The van der Waals surface area contributed by atoms with Crippen molar-refractivity contribution in [1.82, 2.24) is 20.2 Å². The molecule has 7 heteroatoms. The Labute approximate surface area is 191 Å². The van der Waals surface area contributed by atoms with Crippen LogP contribution in [0.25, 0.3) is 22.2 Å². The van der Waals surface area contributed by atoms with Crippen LogP contribution in [0.4, 0.5) is 0 Å². The van der Waals surface area contributed by atoms with E-state index in [2.05, 4.69) is 64.0 Å². The van der Waals surface area contributed by atoms with Crippen molar-refractivity contribution in [3.8, 4) is 11.4 Å². The average molecular weight is 444 g/mol. The molecule has 0 atom stereocenters. The Balaban J connectivity index is 1.39. The number of aromatic nitrogens is 3. The van der Waals surface area contributed by atoms with E-state index in [9.17, 15) is 4.79 Å². The smallest absolute Gasteiger partial charge is 0.250 e. The molecule has 1 aromatic heterocycles.